The number of rotatable bonds is 2. The molecule has 0 aliphatic heterocycles. The molecule has 0 amide bonds. The molecular formula is C16H22N2. The van der Waals surface area contributed by atoms with Crippen molar-refractivity contribution in [3.63, 3.8) is 0 Å². The standard InChI is InChI=1S/C16H22N2/c1-16(2,17)13-7-8-15-12(11-13)9-10-18(15)14-5-3-4-6-14/h7-11,14H,3-6,17H2,1-2H3. The van der Waals surface area contributed by atoms with E-state index in [1.54, 1.807) is 0 Å². The van der Waals surface area contributed by atoms with Crippen molar-refractivity contribution in [2.24, 2.45) is 5.73 Å². The first-order valence-corrected chi connectivity index (χ1v) is 6.96. The van der Waals surface area contributed by atoms with Crippen molar-refractivity contribution in [2.75, 3.05) is 0 Å². The van der Waals surface area contributed by atoms with Crippen LogP contribution in [0.15, 0.2) is 30.5 Å². The molecule has 3 rings (SSSR count). The van der Waals surface area contributed by atoms with Crippen LogP contribution in [-0.2, 0) is 5.54 Å². The summed E-state index contributed by atoms with van der Waals surface area (Å²) in [5.74, 6) is 0. The Kier molecular flexibility index (Phi) is 2.70. The van der Waals surface area contributed by atoms with Gasteiger partial charge in [0, 0.05) is 23.3 Å². The minimum atomic E-state index is -0.260. The van der Waals surface area contributed by atoms with Crippen LogP contribution in [0.5, 0.6) is 0 Å². The van der Waals surface area contributed by atoms with Crippen LogP contribution in [0.3, 0.4) is 0 Å². The van der Waals surface area contributed by atoms with Crippen molar-refractivity contribution in [1.82, 2.24) is 4.57 Å². The molecule has 1 saturated carbocycles. The Morgan fingerprint density at radius 3 is 2.56 bits per heavy atom. The Labute approximate surface area is 109 Å². The molecule has 96 valence electrons. The molecule has 18 heavy (non-hydrogen) atoms. The highest BCUT2D eigenvalue weighted by Crippen LogP contribution is 2.33. The second-order valence-electron chi connectivity index (χ2n) is 6.16. The maximum Gasteiger partial charge on any atom is 0.0483 e. The molecule has 1 aliphatic rings. The lowest BCUT2D eigenvalue weighted by atomic mass is 9.95. The van der Waals surface area contributed by atoms with Crippen molar-refractivity contribution in [3.05, 3.63) is 36.0 Å². The monoisotopic (exact) mass is 242 g/mol. The van der Waals surface area contributed by atoms with Gasteiger partial charge in [-0.25, -0.2) is 0 Å². The molecule has 0 saturated heterocycles. The first-order valence-electron chi connectivity index (χ1n) is 6.96. The van der Waals surface area contributed by atoms with E-state index in [2.05, 4.69) is 48.9 Å². The molecule has 1 aliphatic carbocycles. The predicted octanol–water partition coefficient (Wildman–Crippen LogP) is 3.95. The quantitative estimate of drug-likeness (QED) is 0.849. The Bertz CT molecular complexity index is 554. The molecule has 2 N–H and O–H groups in total. The van der Waals surface area contributed by atoms with E-state index in [4.69, 9.17) is 5.73 Å². The van der Waals surface area contributed by atoms with E-state index >= 15 is 0 Å². The molecule has 0 atom stereocenters. The molecule has 1 aromatic carbocycles. The van der Waals surface area contributed by atoms with Crippen LogP contribution >= 0.6 is 0 Å². The van der Waals surface area contributed by atoms with Crippen molar-refractivity contribution >= 4 is 10.9 Å². The molecule has 1 fully saturated rings. The average Bonchev–Trinajstić information content (AvgIpc) is 2.95. The largest absolute Gasteiger partial charge is 0.344 e. The normalized spacial score (nSPS) is 17.7. The first-order chi connectivity index (χ1) is 8.55. The summed E-state index contributed by atoms with van der Waals surface area (Å²) in [6, 6.07) is 9.58. The lowest BCUT2D eigenvalue weighted by Crippen LogP contribution is -2.28. The molecule has 1 aromatic heterocycles. The van der Waals surface area contributed by atoms with Gasteiger partial charge in [-0.1, -0.05) is 18.9 Å². The molecule has 2 aromatic rings. The van der Waals surface area contributed by atoms with Crippen LogP contribution in [0.1, 0.15) is 51.1 Å². The molecule has 0 radical (unpaired) electrons. The number of fused-ring (bicyclic) bond motifs is 1. The fourth-order valence-corrected chi connectivity index (χ4v) is 3.07. The summed E-state index contributed by atoms with van der Waals surface area (Å²) >= 11 is 0. The SMILES string of the molecule is CC(C)(N)c1ccc2c(ccn2C2CCCC2)c1. The Balaban J connectivity index is 2.05. The van der Waals surface area contributed by atoms with Gasteiger partial charge in [-0.3, -0.25) is 0 Å². The fraction of sp³-hybridized carbons (Fsp3) is 0.500. The number of nitrogens with zero attached hydrogens (tertiary/aromatic N) is 1. The predicted molar refractivity (Wildman–Crippen MR) is 76.7 cm³/mol. The van der Waals surface area contributed by atoms with E-state index in [-0.39, 0.29) is 5.54 Å². The van der Waals surface area contributed by atoms with Crippen LogP contribution in [0.4, 0.5) is 0 Å². The molecule has 2 heteroatoms. The second kappa shape index (κ2) is 4.13. The Morgan fingerprint density at radius 2 is 1.89 bits per heavy atom. The van der Waals surface area contributed by atoms with Gasteiger partial charge in [0.05, 0.1) is 0 Å². The number of benzene rings is 1. The van der Waals surface area contributed by atoms with E-state index < -0.39 is 0 Å². The Morgan fingerprint density at radius 1 is 1.17 bits per heavy atom. The van der Waals surface area contributed by atoms with Gasteiger partial charge in [0.1, 0.15) is 0 Å². The summed E-state index contributed by atoms with van der Waals surface area (Å²) in [5.41, 5.74) is 8.47. The summed E-state index contributed by atoms with van der Waals surface area (Å²) in [7, 11) is 0. The number of hydrogen-bond donors (Lipinski definition) is 1. The number of hydrogen-bond acceptors (Lipinski definition) is 1. The second-order valence-corrected chi connectivity index (χ2v) is 6.16. The highest BCUT2D eigenvalue weighted by Gasteiger charge is 2.19. The van der Waals surface area contributed by atoms with Crippen molar-refractivity contribution in [1.29, 1.82) is 0 Å². The van der Waals surface area contributed by atoms with Gasteiger partial charge >= 0.3 is 0 Å². The van der Waals surface area contributed by atoms with Gasteiger partial charge in [-0.2, -0.15) is 0 Å². The maximum absolute atomic E-state index is 6.17. The van der Waals surface area contributed by atoms with Crippen LogP contribution in [0, 0.1) is 0 Å². The summed E-state index contributed by atoms with van der Waals surface area (Å²) < 4.78 is 2.45. The minimum Gasteiger partial charge on any atom is -0.344 e. The van der Waals surface area contributed by atoms with Crippen molar-refractivity contribution < 1.29 is 0 Å². The highest BCUT2D eigenvalue weighted by atomic mass is 15.0. The molecular weight excluding hydrogens is 220 g/mol. The third-order valence-electron chi connectivity index (χ3n) is 4.18. The zero-order valence-corrected chi connectivity index (χ0v) is 11.3. The lowest BCUT2D eigenvalue weighted by Gasteiger charge is -2.20. The van der Waals surface area contributed by atoms with Gasteiger partial charge in [-0.15, -0.1) is 0 Å². The van der Waals surface area contributed by atoms with Crippen LogP contribution < -0.4 is 5.73 Å². The fourth-order valence-electron chi connectivity index (χ4n) is 3.07. The van der Waals surface area contributed by atoms with Crippen LogP contribution in [0.2, 0.25) is 0 Å². The van der Waals surface area contributed by atoms with E-state index in [0.717, 1.165) is 0 Å². The Hall–Kier alpha value is -1.28. The number of aromatic nitrogens is 1. The summed E-state index contributed by atoms with van der Waals surface area (Å²) in [6.07, 6.45) is 7.65. The summed E-state index contributed by atoms with van der Waals surface area (Å²) in [4.78, 5) is 0. The third-order valence-corrected chi connectivity index (χ3v) is 4.18. The van der Waals surface area contributed by atoms with Crippen molar-refractivity contribution in [3.8, 4) is 0 Å². The summed E-state index contributed by atoms with van der Waals surface area (Å²) in [5, 5.41) is 1.32. The van der Waals surface area contributed by atoms with Crippen LogP contribution in [-0.4, -0.2) is 4.57 Å². The molecule has 0 unspecified atom stereocenters. The smallest absolute Gasteiger partial charge is 0.0483 e. The van der Waals surface area contributed by atoms with E-state index in [1.807, 2.05) is 0 Å². The first kappa shape index (κ1) is 11.8. The molecule has 1 heterocycles. The molecule has 0 bridgehead atoms. The zero-order chi connectivity index (χ0) is 12.8. The van der Waals surface area contributed by atoms with Gasteiger partial charge < -0.3 is 10.3 Å². The lowest BCUT2D eigenvalue weighted by molar-refractivity contribution is 0.535. The minimum absolute atomic E-state index is 0.260. The van der Waals surface area contributed by atoms with Gasteiger partial charge in [-0.05, 0) is 55.8 Å². The average molecular weight is 242 g/mol. The van der Waals surface area contributed by atoms with E-state index in [9.17, 15) is 0 Å². The summed E-state index contributed by atoms with van der Waals surface area (Å²) in [6.45, 7) is 4.12. The van der Waals surface area contributed by atoms with E-state index in [1.165, 1.54) is 42.1 Å². The van der Waals surface area contributed by atoms with Gasteiger partial charge in [0.2, 0.25) is 0 Å². The topological polar surface area (TPSA) is 30.9 Å². The molecule has 0 spiro atoms. The highest BCUT2D eigenvalue weighted by molar-refractivity contribution is 5.81. The van der Waals surface area contributed by atoms with E-state index in [0.29, 0.717) is 6.04 Å². The van der Waals surface area contributed by atoms with Gasteiger partial charge in [0.25, 0.3) is 0 Å². The maximum atomic E-state index is 6.17. The van der Waals surface area contributed by atoms with Crippen LogP contribution in [0.25, 0.3) is 10.9 Å². The third kappa shape index (κ3) is 1.95. The zero-order valence-electron chi connectivity index (χ0n) is 11.3. The number of nitrogens with two attached hydrogens (primary N) is 1. The molecule has 2 nitrogen and oxygen atoms in total. The van der Waals surface area contributed by atoms with Crippen molar-refractivity contribution in [2.45, 2.75) is 51.1 Å². The van der Waals surface area contributed by atoms with Gasteiger partial charge in [0.15, 0.2) is 0 Å².